The van der Waals surface area contributed by atoms with E-state index < -0.39 is 16.3 Å². The van der Waals surface area contributed by atoms with E-state index in [1.165, 1.54) is 15.5 Å². The first-order valence-corrected chi connectivity index (χ1v) is 11.0. The summed E-state index contributed by atoms with van der Waals surface area (Å²) in [6, 6.07) is 1.44. The van der Waals surface area contributed by atoms with Gasteiger partial charge in [0.05, 0.1) is 18.3 Å². The van der Waals surface area contributed by atoms with E-state index in [4.69, 9.17) is 0 Å². The zero-order chi connectivity index (χ0) is 21.1. The van der Waals surface area contributed by atoms with Gasteiger partial charge >= 0.3 is 0 Å². The van der Waals surface area contributed by atoms with Crippen LogP contribution in [-0.4, -0.2) is 78.6 Å². The molecule has 2 heterocycles. The molecule has 0 radical (unpaired) electrons. The largest absolute Gasteiger partial charge is 0.363 e. The molecule has 0 saturated carbocycles. The number of hydrogen-bond acceptors (Lipinski definition) is 6. The lowest BCUT2D eigenvalue weighted by Gasteiger charge is -2.29. The number of anilines is 1. The third kappa shape index (κ3) is 4.79. The van der Waals surface area contributed by atoms with Crippen molar-refractivity contribution >= 4 is 21.9 Å². The summed E-state index contributed by atoms with van der Waals surface area (Å²) < 4.78 is 29.2. The summed E-state index contributed by atoms with van der Waals surface area (Å²) in [4.78, 5) is 24.3. The Morgan fingerprint density at radius 3 is 2.39 bits per heavy atom. The molecule has 1 aliphatic rings. The van der Waals surface area contributed by atoms with Crippen LogP contribution in [0, 0.1) is 0 Å². The van der Waals surface area contributed by atoms with Gasteiger partial charge in [-0.05, 0) is 12.8 Å². The van der Waals surface area contributed by atoms with Crippen molar-refractivity contribution in [2.45, 2.75) is 46.2 Å². The minimum atomic E-state index is -3.57. The number of carbonyl (C=O) groups is 1. The minimum Gasteiger partial charge on any atom is -0.363 e. The second-order valence-electron chi connectivity index (χ2n) is 7.21. The lowest BCUT2D eigenvalue weighted by molar-refractivity contribution is -0.128. The number of aromatic nitrogens is 2. The van der Waals surface area contributed by atoms with Gasteiger partial charge in [0.25, 0.3) is 10.2 Å². The first-order chi connectivity index (χ1) is 13.1. The van der Waals surface area contributed by atoms with Crippen LogP contribution in [0.15, 0.2) is 6.07 Å². The Morgan fingerprint density at radius 2 is 1.86 bits per heavy atom. The van der Waals surface area contributed by atoms with Crippen LogP contribution in [0.1, 0.15) is 51.2 Å². The molecular weight excluding hydrogens is 380 g/mol. The summed E-state index contributed by atoms with van der Waals surface area (Å²) in [5.41, 5.74) is 0.693. The summed E-state index contributed by atoms with van der Waals surface area (Å²) in [7, 11) is 1.90. The molecule has 0 N–H and O–H groups in total. The molecule has 1 atom stereocenters. The maximum Gasteiger partial charge on any atom is 0.282 e. The fourth-order valence-electron chi connectivity index (χ4n) is 3.29. The highest BCUT2D eigenvalue weighted by Gasteiger charge is 2.39. The van der Waals surface area contributed by atoms with Crippen molar-refractivity contribution < 1.29 is 13.2 Å². The molecular formula is C18H32N6O3S. The van der Waals surface area contributed by atoms with Gasteiger partial charge in [-0.15, -0.1) is 0 Å². The van der Waals surface area contributed by atoms with Gasteiger partial charge in [0.2, 0.25) is 5.91 Å². The average Bonchev–Trinajstić information content (AvgIpc) is 3.12. The second-order valence-corrected chi connectivity index (χ2v) is 9.09. The Bertz CT molecular complexity index is 795. The Morgan fingerprint density at radius 1 is 1.21 bits per heavy atom. The third-order valence-corrected chi connectivity index (χ3v) is 7.21. The Balaban J connectivity index is 2.44. The molecule has 10 heteroatoms. The molecule has 158 valence electrons. The number of hydrogen-bond donors (Lipinski definition) is 0. The van der Waals surface area contributed by atoms with Gasteiger partial charge in [0, 0.05) is 53.8 Å². The van der Waals surface area contributed by atoms with Crippen molar-refractivity contribution in [3.05, 3.63) is 17.6 Å². The molecule has 9 nitrogen and oxygen atoms in total. The molecule has 1 aliphatic heterocycles. The van der Waals surface area contributed by atoms with Crippen LogP contribution in [0.5, 0.6) is 0 Å². The first-order valence-electron chi connectivity index (χ1n) is 9.65. The van der Waals surface area contributed by atoms with Gasteiger partial charge in [-0.3, -0.25) is 4.79 Å². The van der Waals surface area contributed by atoms with Crippen LogP contribution in [0.3, 0.4) is 0 Å². The quantitative estimate of drug-likeness (QED) is 0.638. The molecule has 28 heavy (non-hydrogen) atoms. The summed E-state index contributed by atoms with van der Waals surface area (Å²) in [5, 5.41) is 0. The van der Waals surface area contributed by atoms with E-state index in [1.807, 2.05) is 38.9 Å². The van der Waals surface area contributed by atoms with Crippen molar-refractivity contribution in [2.75, 3.05) is 45.7 Å². The fraction of sp³-hybridized carbons (Fsp3) is 0.722. The molecule has 0 aromatic carbocycles. The minimum absolute atomic E-state index is 0.0573. The van der Waals surface area contributed by atoms with Gasteiger partial charge in [0.15, 0.2) is 0 Å². The highest BCUT2D eigenvalue weighted by atomic mass is 32.2. The first kappa shape index (κ1) is 22.5. The highest BCUT2D eigenvalue weighted by Crippen LogP contribution is 2.34. The number of amides is 1. The standard InChI is InChI=1S/C18H32N6O3S/c1-7-23(8-2)28(26,27)24-11-9-10-16(24)18-19-15(13-22(6)14(3)25)12-17(20-18)21(4)5/h12,16H,7-11,13H2,1-6H3. The molecule has 1 unspecified atom stereocenters. The third-order valence-electron chi connectivity index (χ3n) is 5.01. The SMILES string of the molecule is CCN(CC)S(=O)(=O)N1CCCC1c1nc(CN(C)C(C)=O)cc(N(C)C)n1. The molecule has 0 spiro atoms. The molecule has 1 aromatic heterocycles. The zero-order valence-electron chi connectivity index (χ0n) is 17.7. The van der Waals surface area contributed by atoms with Crippen LogP contribution in [0.25, 0.3) is 0 Å². The van der Waals surface area contributed by atoms with E-state index >= 15 is 0 Å². The number of carbonyl (C=O) groups excluding carboxylic acids is 1. The van der Waals surface area contributed by atoms with E-state index in [-0.39, 0.29) is 5.91 Å². The normalized spacial score (nSPS) is 17.9. The van der Waals surface area contributed by atoms with Crippen molar-refractivity contribution in [2.24, 2.45) is 0 Å². The molecule has 1 fully saturated rings. The lowest BCUT2D eigenvalue weighted by Crippen LogP contribution is -2.43. The predicted molar refractivity (Wildman–Crippen MR) is 109 cm³/mol. The van der Waals surface area contributed by atoms with Crippen molar-refractivity contribution in [3.63, 3.8) is 0 Å². The summed E-state index contributed by atoms with van der Waals surface area (Å²) in [5.74, 6) is 1.13. The maximum absolute atomic E-state index is 13.1. The van der Waals surface area contributed by atoms with Gasteiger partial charge < -0.3 is 9.80 Å². The molecule has 0 aliphatic carbocycles. The molecule has 1 aromatic rings. The summed E-state index contributed by atoms with van der Waals surface area (Å²) in [6.07, 6.45) is 1.45. The summed E-state index contributed by atoms with van der Waals surface area (Å²) in [6.45, 7) is 6.84. The second kappa shape index (κ2) is 9.15. The van der Waals surface area contributed by atoms with Crippen LogP contribution in [0.4, 0.5) is 5.82 Å². The van der Waals surface area contributed by atoms with Gasteiger partial charge in [-0.2, -0.15) is 17.0 Å². The van der Waals surface area contributed by atoms with Crippen LogP contribution < -0.4 is 4.90 Å². The van der Waals surface area contributed by atoms with E-state index in [0.717, 1.165) is 6.42 Å². The van der Waals surface area contributed by atoms with Crippen molar-refractivity contribution in [1.82, 2.24) is 23.5 Å². The van der Waals surface area contributed by atoms with Gasteiger partial charge in [-0.1, -0.05) is 13.8 Å². The summed E-state index contributed by atoms with van der Waals surface area (Å²) >= 11 is 0. The van der Waals surface area contributed by atoms with E-state index in [2.05, 4.69) is 9.97 Å². The lowest BCUT2D eigenvalue weighted by atomic mass is 10.2. The van der Waals surface area contributed by atoms with Crippen molar-refractivity contribution in [1.29, 1.82) is 0 Å². The average molecular weight is 413 g/mol. The molecule has 1 saturated heterocycles. The maximum atomic E-state index is 13.1. The molecule has 0 bridgehead atoms. The zero-order valence-corrected chi connectivity index (χ0v) is 18.5. The predicted octanol–water partition coefficient (Wildman–Crippen LogP) is 1.24. The van der Waals surface area contributed by atoms with E-state index in [9.17, 15) is 13.2 Å². The van der Waals surface area contributed by atoms with E-state index in [0.29, 0.717) is 49.9 Å². The Hall–Kier alpha value is -1.78. The van der Waals surface area contributed by atoms with Crippen molar-refractivity contribution in [3.8, 4) is 0 Å². The Labute approximate surface area is 168 Å². The number of rotatable bonds is 8. The van der Waals surface area contributed by atoms with Crippen LogP contribution >= 0.6 is 0 Å². The highest BCUT2D eigenvalue weighted by molar-refractivity contribution is 7.86. The van der Waals surface area contributed by atoms with E-state index in [1.54, 1.807) is 11.9 Å². The smallest absolute Gasteiger partial charge is 0.282 e. The Kier molecular flexibility index (Phi) is 7.35. The molecule has 2 rings (SSSR count). The van der Waals surface area contributed by atoms with Crippen LogP contribution in [0.2, 0.25) is 0 Å². The monoisotopic (exact) mass is 412 g/mol. The van der Waals surface area contributed by atoms with Gasteiger partial charge in [-0.25, -0.2) is 9.97 Å². The topological polar surface area (TPSA) is 90.0 Å². The fourth-order valence-corrected chi connectivity index (χ4v) is 5.12. The molecule has 1 amide bonds. The van der Waals surface area contributed by atoms with Gasteiger partial charge in [0.1, 0.15) is 11.6 Å². The van der Waals surface area contributed by atoms with Crippen LogP contribution in [-0.2, 0) is 21.5 Å². The number of nitrogens with zero attached hydrogens (tertiary/aromatic N) is 6.